The van der Waals surface area contributed by atoms with Gasteiger partial charge in [0.25, 0.3) is 0 Å². The Morgan fingerprint density at radius 1 is 1.53 bits per heavy atom. The van der Waals surface area contributed by atoms with Crippen LogP contribution in [0.25, 0.3) is 0 Å². The fraction of sp³-hybridized carbons (Fsp3) is 0.462. The van der Waals surface area contributed by atoms with E-state index in [2.05, 4.69) is 11.0 Å². The standard InChI is InChI=1S/C13H16ClN3/c1-10-7-11(14)3-4-12(10)17-6-2-5-13(16,8-15)9-17/h3-4,7H,2,5-6,9,16H2,1H3. The SMILES string of the molecule is Cc1cc(Cl)ccc1N1CCCC(N)(C#N)C1. The number of halogens is 1. The number of benzene rings is 1. The minimum atomic E-state index is -0.718. The summed E-state index contributed by atoms with van der Waals surface area (Å²) in [5.74, 6) is 0. The van der Waals surface area contributed by atoms with Gasteiger partial charge in [0.1, 0.15) is 5.54 Å². The van der Waals surface area contributed by atoms with Crippen LogP contribution in [0, 0.1) is 18.3 Å². The van der Waals surface area contributed by atoms with E-state index in [0.717, 1.165) is 35.7 Å². The molecule has 0 aliphatic carbocycles. The first-order chi connectivity index (χ1) is 8.04. The van der Waals surface area contributed by atoms with Crippen molar-refractivity contribution in [3.63, 3.8) is 0 Å². The normalized spacial score (nSPS) is 24.5. The molecule has 0 amide bonds. The summed E-state index contributed by atoms with van der Waals surface area (Å²) in [5.41, 5.74) is 7.57. The summed E-state index contributed by atoms with van der Waals surface area (Å²) >= 11 is 5.94. The van der Waals surface area contributed by atoms with Gasteiger partial charge >= 0.3 is 0 Å². The number of rotatable bonds is 1. The molecule has 1 unspecified atom stereocenters. The Bertz CT molecular complexity index is 466. The Kier molecular flexibility index (Phi) is 3.28. The van der Waals surface area contributed by atoms with E-state index in [1.165, 1.54) is 0 Å². The van der Waals surface area contributed by atoms with Gasteiger partial charge in [-0.2, -0.15) is 5.26 Å². The third kappa shape index (κ3) is 2.54. The van der Waals surface area contributed by atoms with Gasteiger partial charge in [0.2, 0.25) is 0 Å². The van der Waals surface area contributed by atoms with E-state index in [9.17, 15) is 0 Å². The summed E-state index contributed by atoms with van der Waals surface area (Å²) < 4.78 is 0. The molecule has 17 heavy (non-hydrogen) atoms. The van der Waals surface area contributed by atoms with Crippen LogP contribution < -0.4 is 10.6 Å². The van der Waals surface area contributed by atoms with Gasteiger partial charge in [-0.1, -0.05) is 11.6 Å². The summed E-state index contributed by atoms with van der Waals surface area (Å²) in [5, 5.41) is 9.84. The van der Waals surface area contributed by atoms with Crippen molar-refractivity contribution < 1.29 is 0 Å². The van der Waals surface area contributed by atoms with E-state index in [1.807, 2.05) is 25.1 Å². The molecular weight excluding hydrogens is 234 g/mol. The molecule has 1 heterocycles. The van der Waals surface area contributed by atoms with E-state index < -0.39 is 5.54 Å². The van der Waals surface area contributed by atoms with Crippen molar-refractivity contribution in [2.75, 3.05) is 18.0 Å². The van der Waals surface area contributed by atoms with E-state index in [0.29, 0.717) is 6.54 Å². The van der Waals surface area contributed by atoms with Gasteiger partial charge in [0.05, 0.1) is 6.07 Å². The van der Waals surface area contributed by atoms with Crippen molar-refractivity contribution in [2.45, 2.75) is 25.3 Å². The van der Waals surface area contributed by atoms with Crippen LogP contribution in [0.5, 0.6) is 0 Å². The van der Waals surface area contributed by atoms with Crippen molar-refractivity contribution >= 4 is 17.3 Å². The monoisotopic (exact) mass is 249 g/mol. The highest BCUT2D eigenvalue weighted by Crippen LogP contribution is 2.28. The molecule has 1 fully saturated rings. The lowest BCUT2D eigenvalue weighted by atomic mass is 9.91. The smallest absolute Gasteiger partial charge is 0.121 e. The Hall–Kier alpha value is -1.24. The maximum atomic E-state index is 9.11. The molecular formula is C13H16ClN3. The second-order valence-corrected chi connectivity index (χ2v) is 5.16. The van der Waals surface area contributed by atoms with Crippen LogP contribution in [0.3, 0.4) is 0 Å². The molecule has 0 spiro atoms. The summed E-state index contributed by atoms with van der Waals surface area (Å²) in [7, 11) is 0. The van der Waals surface area contributed by atoms with Crippen LogP contribution in [0.15, 0.2) is 18.2 Å². The molecule has 1 aliphatic rings. The molecule has 1 saturated heterocycles. The van der Waals surface area contributed by atoms with Crippen LogP contribution in [-0.4, -0.2) is 18.6 Å². The lowest BCUT2D eigenvalue weighted by Crippen LogP contribution is -2.53. The molecule has 3 nitrogen and oxygen atoms in total. The van der Waals surface area contributed by atoms with E-state index >= 15 is 0 Å². The first-order valence-electron chi connectivity index (χ1n) is 5.75. The Morgan fingerprint density at radius 3 is 2.94 bits per heavy atom. The molecule has 2 N–H and O–H groups in total. The predicted molar refractivity (Wildman–Crippen MR) is 70.2 cm³/mol. The molecule has 0 saturated carbocycles. The first-order valence-corrected chi connectivity index (χ1v) is 6.13. The van der Waals surface area contributed by atoms with Crippen LogP contribution in [0.1, 0.15) is 18.4 Å². The molecule has 1 aromatic rings. The number of nitriles is 1. The minimum absolute atomic E-state index is 0.589. The second-order valence-electron chi connectivity index (χ2n) is 4.72. The zero-order chi connectivity index (χ0) is 12.5. The van der Waals surface area contributed by atoms with Crippen LogP contribution in [0.4, 0.5) is 5.69 Å². The van der Waals surface area contributed by atoms with Crippen molar-refractivity contribution in [1.29, 1.82) is 5.26 Å². The number of piperidine rings is 1. The maximum absolute atomic E-state index is 9.11. The number of hydrogen-bond donors (Lipinski definition) is 1. The lowest BCUT2D eigenvalue weighted by Gasteiger charge is -2.37. The van der Waals surface area contributed by atoms with Crippen molar-refractivity contribution in [3.8, 4) is 6.07 Å². The van der Waals surface area contributed by atoms with Gasteiger partial charge in [-0.3, -0.25) is 0 Å². The highest BCUT2D eigenvalue weighted by molar-refractivity contribution is 6.30. The van der Waals surface area contributed by atoms with Gasteiger partial charge in [0, 0.05) is 23.8 Å². The summed E-state index contributed by atoms with van der Waals surface area (Å²) in [6.07, 6.45) is 1.72. The molecule has 0 bridgehead atoms. The van der Waals surface area contributed by atoms with Crippen LogP contribution >= 0.6 is 11.6 Å². The van der Waals surface area contributed by atoms with Gasteiger partial charge in [0.15, 0.2) is 0 Å². The van der Waals surface area contributed by atoms with Gasteiger partial charge in [-0.15, -0.1) is 0 Å². The van der Waals surface area contributed by atoms with E-state index in [4.69, 9.17) is 22.6 Å². The largest absolute Gasteiger partial charge is 0.368 e. The topological polar surface area (TPSA) is 53.0 Å². The molecule has 2 rings (SSSR count). The molecule has 1 atom stereocenters. The number of nitrogens with two attached hydrogens (primary N) is 1. The lowest BCUT2D eigenvalue weighted by molar-refractivity contribution is 0.424. The fourth-order valence-electron chi connectivity index (χ4n) is 2.35. The number of hydrogen-bond acceptors (Lipinski definition) is 3. The van der Waals surface area contributed by atoms with Crippen LogP contribution in [-0.2, 0) is 0 Å². The number of nitrogens with zero attached hydrogens (tertiary/aromatic N) is 2. The maximum Gasteiger partial charge on any atom is 0.121 e. The van der Waals surface area contributed by atoms with Crippen molar-refractivity contribution in [1.82, 2.24) is 0 Å². The highest BCUT2D eigenvalue weighted by atomic mass is 35.5. The Labute approximate surface area is 107 Å². The van der Waals surface area contributed by atoms with Gasteiger partial charge < -0.3 is 10.6 Å². The molecule has 0 radical (unpaired) electrons. The zero-order valence-corrected chi connectivity index (χ0v) is 10.7. The van der Waals surface area contributed by atoms with Gasteiger partial charge in [-0.05, 0) is 43.5 Å². The quantitative estimate of drug-likeness (QED) is 0.832. The van der Waals surface area contributed by atoms with Crippen molar-refractivity contribution in [2.24, 2.45) is 5.73 Å². The first kappa shape index (κ1) is 12.2. The minimum Gasteiger partial charge on any atom is -0.368 e. The second kappa shape index (κ2) is 4.56. The van der Waals surface area contributed by atoms with Crippen molar-refractivity contribution in [3.05, 3.63) is 28.8 Å². The Balaban J connectivity index is 2.26. The molecule has 1 aromatic carbocycles. The highest BCUT2D eigenvalue weighted by Gasteiger charge is 2.32. The molecule has 4 heteroatoms. The third-order valence-corrected chi connectivity index (χ3v) is 3.48. The van der Waals surface area contributed by atoms with Gasteiger partial charge in [-0.25, -0.2) is 0 Å². The molecule has 0 aromatic heterocycles. The number of anilines is 1. The molecule has 90 valence electrons. The summed E-state index contributed by atoms with van der Waals surface area (Å²) in [6.45, 7) is 3.56. The zero-order valence-electron chi connectivity index (χ0n) is 9.91. The predicted octanol–water partition coefficient (Wildman–Crippen LogP) is 2.47. The van der Waals surface area contributed by atoms with Crippen LogP contribution in [0.2, 0.25) is 5.02 Å². The number of aryl methyl sites for hydroxylation is 1. The van der Waals surface area contributed by atoms with E-state index in [1.54, 1.807) is 0 Å². The van der Waals surface area contributed by atoms with E-state index in [-0.39, 0.29) is 0 Å². The Morgan fingerprint density at radius 2 is 2.29 bits per heavy atom. The summed E-state index contributed by atoms with van der Waals surface area (Å²) in [4.78, 5) is 2.18. The fourth-order valence-corrected chi connectivity index (χ4v) is 2.58. The third-order valence-electron chi connectivity index (χ3n) is 3.25. The average molecular weight is 250 g/mol. The summed E-state index contributed by atoms with van der Waals surface area (Å²) in [6, 6.07) is 8.04. The average Bonchev–Trinajstić information content (AvgIpc) is 2.29. The molecule has 1 aliphatic heterocycles.